The maximum Gasteiger partial charge on any atom is 0.254 e. The number of hydrogen-bond acceptors (Lipinski definition) is 2. The molecule has 2 amide bonds. The summed E-state index contributed by atoms with van der Waals surface area (Å²) in [5.74, 6) is -2.09. The predicted molar refractivity (Wildman–Crippen MR) is 102 cm³/mol. The molecule has 0 atom stereocenters. The minimum absolute atomic E-state index is 0.0219. The molecule has 142 valence electrons. The van der Waals surface area contributed by atoms with E-state index < -0.39 is 17.5 Å². The van der Waals surface area contributed by atoms with Crippen molar-refractivity contribution in [2.75, 3.05) is 26.2 Å². The first kappa shape index (κ1) is 18.1. The third-order valence-electron chi connectivity index (χ3n) is 4.98. The molecule has 0 N–H and O–H groups in total. The fourth-order valence-electron chi connectivity index (χ4n) is 3.55. The molecule has 1 fully saturated rings. The fourth-order valence-corrected chi connectivity index (χ4v) is 3.55. The van der Waals surface area contributed by atoms with Crippen LogP contribution in [0.5, 0.6) is 0 Å². The molecule has 0 saturated carbocycles. The molecule has 3 aromatic carbocycles. The van der Waals surface area contributed by atoms with E-state index in [0.29, 0.717) is 31.7 Å². The predicted octanol–water partition coefficient (Wildman–Crippen LogP) is 3.72. The number of rotatable bonds is 2. The lowest BCUT2D eigenvalue weighted by Crippen LogP contribution is -2.50. The number of fused-ring (bicyclic) bond motifs is 1. The van der Waals surface area contributed by atoms with Crippen LogP contribution in [-0.4, -0.2) is 47.8 Å². The molecule has 0 radical (unpaired) electrons. The van der Waals surface area contributed by atoms with Crippen LogP contribution in [0, 0.1) is 11.6 Å². The van der Waals surface area contributed by atoms with Gasteiger partial charge in [0.05, 0.1) is 0 Å². The number of piperazine rings is 1. The summed E-state index contributed by atoms with van der Waals surface area (Å²) in [6, 6.07) is 16.1. The van der Waals surface area contributed by atoms with E-state index in [-0.39, 0.29) is 11.5 Å². The third kappa shape index (κ3) is 3.45. The minimum Gasteiger partial charge on any atom is -0.335 e. The van der Waals surface area contributed by atoms with Crippen LogP contribution in [0.3, 0.4) is 0 Å². The van der Waals surface area contributed by atoms with Crippen LogP contribution in [0.2, 0.25) is 0 Å². The summed E-state index contributed by atoms with van der Waals surface area (Å²) >= 11 is 0. The first-order chi connectivity index (χ1) is 13.5. The Kier molecular flexibility index (Phi) is 4.77. The fraction of sp³-hybridized carbons (Fsp3) is 0.182. The molecule has 1 aliphatic heterocycles. The highest BCUT2D eigenvalue weighted by atomic mass is 19.1. The summed E-state index contributed by atoms with van der Waals surface area (Å²) in [4.78, 5) is 28.7. The number of halogens is 2. The molecular formula is C22H18F2N2O2. The van der Waals surface area contributed by atoms with Crippen LogP contribution < -0.4 is 0 Å². The largest absolute Gasteiger partial charge is 0.335 e. The Labute approximate surface area is 161 Å². The quantitative estimate of drug-likeness (QED) is 0.680. The van der Waals surface area contributed by atoms with Crippen molar-refractivity contribution >= 4 is 22.6 Å². The third-order valence-corrected chi connectivity index (χ3v) is 4.98. The van der Waals surface area contributed by atoms with Crippen LogP contribution in [0.15, 0.2) is 60.7 Å². The van der Waals surface area contributed by atoms with Gasteiger partial charge in [0, 0.05) is 43.4 Å². The van der Waals surface area contributed by atoms with Gasteiger partial charge in [0.1, 0.15) is 11.6 Å². The molecule has 28 heavy (non-hydrogen) atoms. The van der Waals surface area contributed by atoms with Crippen LogP contribution >= 0.6 is 0 Å². The Hall–Kier alpha value is -3.28. The molecule has 0 bridgehead atoms. The summed E-state index contributed by atoms with van der Waals surface area (Å²) < 4.78 is 26.8. The van der Waals surface area contributed by atoms with Gasteiger partial charge in [0.15, 0.2) is 0 Å². The monoisotopic (exact) mass is 380 g/mol. The smallest absolute Gasteiger partial charge is 0.254 e. The molecular weight excluding hydrogens is 362 g/mol. The standard InChI is InChI=1S/C22H18F2N2O2/c23-17-12-16(13-18(24)14-17)21(27)25-8-10-26(11-9-25)22(28)20-7-3-5-15-4-1-2-6-19(15)20/h1-7,12-14H,8-11H2. The Morgan fingerprint density at radius 3 is 1.96 bits per heavy atom. The van der Waals surface area contributed by atoms with E-state index in [4.69, 9.17) is 0 Å². The lowest BCUT2D eigenvalue weighted by atomic mass is 10.0. The number of benzene rings is 3. The van der Waals surface area contributed by atoms with Crippen molar-refractivity contribution in [2.45, 2.75) is 0 Å². The topological polar surface area (TPSA) is 40.6 Å². The summed E-state index contributed by atoms with van der Waals surface area (Å²) in [5, 5.41) is 1.89. The summed E-state index contributed by atoms with van der Waals surface area (Å²) in [6.45, 7) is 1.36. The van der Waals surface area contributed by atoms with E-state index in [1.807, 2.05) is 36.4 Å². The molecule has 0 aromatic heterocycles. The highest BCUT2D eigenvalue weighted by Gasteiger charge is 2.26. The number of carbonyl (C=O) groups is 2. The van der Waals surface area contributed by atoms with Gasteiger partial charge in [0.25, 0.3) is 11.8 Å². The van der Waals surface area contributed by atoms with Crippen LogP contribution in [0.25, 0.3) is 10.8 Å². The Bertz CT molecular complexity index is 1030. The van der Waals surface area contributed by atoms with Gasteiger partial charge in [-0.3, -0.25) is 9.59 Å². The lowest BCUT2D eigenvalue weighted by Gasteiger charge is -2.35. The molecule has 1 saturated heterocycles. The average Bonchev–Trinajstić information content (AvgIpc) is 2.71. The highest BCUT2D eigenvalue weighted by Crippen LogP contribution is 2.21. The zero-order valence-electron chi connectivity index (χ0n) is 15.1. The van der Waals surface area contributed by atoms with Crippen molar-refractivity contribution < 1.29 is 18.4 Å². The molecule has 4 rings (SSSR count). The lowest BCUT2D eigenvalue weighted by molar-refractivity contribution is 0.0536. The van der Waals surface area contributed by atoms with Crippen LogP contribution in [-0.2, 0) is 0 Å². The highest BCUT2D eigenvalue weighted by molar-refractivity contribution is 6.07. The van der Waals surface area contributed by atoms with Gasteiger partial charge in [-0.1, -0.05) is 36.4 Å². The van der Waals surface area contributed by atoms with Crippen molar-refractivity contribution in [3.05, 3.63) is 83.4 Å². The van der Waals surface area contributed by atoms with Crippen molar-refractivity contribution in [2.24, 2.45) is 0 Å². The average molecular weight is 380 g/mol. The summed E-state index contributed by atoms with van der Waals surface area (Å²) in [6.07, 6.45) is 0. The van der Waals surface area contributed by atoms with E-state index in [0.717, 1.165) is 29.0 Å². The normalized spacial score (nSPS) is 14.4. The van der Waals surface area contributed by atoms with E-state index in [2.05, 4.69) is 0 Å². The minimum atomic E-state index is -0.784. The molecule has 1 aliphatic rings. The van der Waals surface area contributed by atoms with Gasteiger partial charge in [-0.25, -0.2) is 8.78 Å². The molecule has 0 unspecified atom stereocenters. The second-order valence-electron chi connectivity index (χ2n) is 6.77. The van der Waals surface area contributed by atoms with Crippen molar-refractivity contribution in [3.8, 4) is 0 Å². The van der Waals surface area contributed by atoms with Crippen molar-refractivity contribution in [3.63, 3.8) is 0 Å². The number of nitrogens with zero attached hydrogens (tertiary/aromatic N) is 2. The molecule has 6 heteroatoms. The molecule has 1 heterocycles. The molecule has 4 nitrogen and oxygen atoms in total. The summed E-state index contributed by atoms with van der Waals surface area (Å²) in [5.41, 5.74) is 0.608. The van der Waals surface area contributed by atoms with Gasteiger partial charge in [-0.2, -0.15) is 0 Å². The number of hydrogen-bond donors (Lipinski definition) is 0. The van der Waals surface area contributed by atoms with Gasteiger partial charge in [-0.05, 0) is 29.0 Å². The summed E-state index contributed by atoms with van der Waals surface area (Å²) in [7, 11) is 0. The van der Waals surface area contributed by atoms with E-state index in [1.165, 1.54) is 4.90 Å². The van der Waals surface area contributed by atoms with Crippen LogP contribution in [0.4, 0.5) is 8.78 Å². The SMILES string of the molecule is O=C(c1cc(F)cc(F)c1)N1CCN(C(=O)c2cccc3ccccc23)CC1. The van der Waals surface area contributed by atoms with E-state index in [9.17, 15) is 18.4 Å². The zero-order valence-corrected chi connectivity index (χ0v) is 15.1. The van der Waals surface area contributed by atoms with Gasteiger partial charge in [0.2, 0.25) is 0 Å². The Morgan fingerprint density at radius 2 is 1.29 bits per heavy atom. The van der Waals surface area contributed by atoms with Crippen molar-refractivity contribution in [1.82, 2.24) is 9.80 Å². The maximum absolute atomic E-state index is 13.4. The van der Waals surface area contributed by atoms with Crippen molar-refractivity contribution in [1.29, 1.82) is 0 Å². The van der Waals surface area contributed by atoms with Crippen LogP contribution in [0.1, 0.15) is 20.7 Å². The van der Waals surface area contributed by atoms with E-state index >= 15 is 0 Å². The maximum atomic E-state index is 13.4. The van der Waals surface area contributed by atoms with Gasteiger partial charge in [-0.15, -0.1) is 0 Å². The Morgan fingerprint density at radius 1 is 0.714 bits per heavy atom. The Balaban J connectivity index is 1.48. The number of amides is 2. The second kappa shape index (κ2) is 7.38. The van der Waals surface area contributed by atoms with Gasteiger partial charge < -0.3 is 9.80 Å². The zero-order chi connectivity index (χ0) is 19.7. The second-order valence-corrected chi connectivity index (χ2v) is 6.77. The molecule has 3 aromatic rings. The van der Waals surface area contributed by atoms with Gasteiger partial charge >= 0.3 is 0 Å². The molecule has 0 aliphatic carbocycles. The molecule has 0 spiro atoms. The number of carbonyl (C=O) groups excluding carboxylic acids is 2. The first-order valence-corrected chi connectivity index (χ1v) is 9.05. The first-order valence-electron chi connectivity index (χ1n) is 9.05. The van der Waals surface area contributed by atoms with E-state index in [1.54, 1.807) is 11.0 Å².